The van der Waals surface area contributed by atoms with Gasteiger partial charge in [0.2, 0.25) is 11.8 Å². The first kappa shape index (κ1) is 16.5. The van der Waals surface area contributed by atoms with Crippen LogP contribution >= 0.6 is 11.6 Å². The molecule has 2 N–H and O–H groups in total. The SMILES string of the molecule is CC(C)(C)NC(=O)C(C)(C)C(=O)Nc1cccc(Cl)c1. The van der Waals surface area contributed by atoms with E-state index in [1.807, 2.05) is 20.8 Å². The topological polar surface area (TPSA) is 58.2 Å². The maximum absolute atomic E-state index is 12.3. The van der Waals surface area contributed by atoms with Gasteiger partial charge in [-0.1, -0.05) is 17.7 Å². The van der Waals surface area contributed by atoms with Crippen molar-refractivity contribution in [2.24, 2.45) is 5.41 Å². The van der Waals surface area contributed by atoms with Gasteiger partial charge in [-0.2, -0.15) is 0 Å². The Balaban J connectivity index is 2.82. The molecule has 0 aliphatic carbocycles. The summed E-state index contributed by atoms with van der Waals surface area (Å²) in [7, 11) is 0. The third-order valence-corrected chi connectivity index (χ3v) is 2.94. The first-order valence-corrected chi connectivity index (χ1v) is 6.80. The molecule has 0 saturated heterocycles. The van der Waals surface area contributed by atoms with Crippen molar-refractivity contribution in [2.75, 3.05) is 5.32 Å². The highest BCUT2D eigenvalue weighted by Gasteiger charge is 2.37. The highest BCUT2D eigenvalue weighted by atomic mass is 35.5. The molecule has 0 aromatic heterocycles. The summed E-state index contributed by atoms with van der Waals surface area (Å²) >= 11 is 5.86. The van der Waals surface area contributed by atoms with Crippen molar-refractivity contribution in [1.29, 1.82) is 0 Å². The van der Waals surface area contributed by atoms with Gasteiger partial charge in [0, 0.05) is 16.2 Å². The van der Waals surface area contributed by atoms with Crippen molar-refractivity contribution in [3.8, 4) is 0 Å². The monoisotopic (exact) mass is 296 g/mol. The van der Waals surface area contributed by atoms with E-state index in [2.05, 4.69) is 10.6 Å². The molecule has 0 aliphatic heterocycles. The largest absolute Gasteiger partial charge is 0.351 e. The molecule has 0 radical (unpaired) electrons. The van der Waals surface area contributed by atoms with Crippen LogP contribution in [0.2, 0.25) is 5.02 Å². The molecule has 1 aromatic carbocycles. The molecular formula is C15H21ClN2O2. The standard InChI is InChI=1S/C15H21ClN2O2/c1-14(2,3)18-13(20)15(4,5)12(19)17-11-8-6-7-10(16)9-11/h6-9H,1-5H3,(H,17,19)(H,18,20). The third-order valence-electron chi connectivity index (χ3n) is 2.71. The number of halogens is 1. The number of nitrogens with one attached hydrogen (secondary N) is 2. The van der Waals surface area contributed by atoms with Crippen LogP contribution in [0.5, 0.6) is 0 Å². The fraction of sp³-hybridized carbons (Fsp3) is 0.467. The van der Waals surface area contributed by atoms with Crippen molar-refractivity contribution in [3.05, 3.63) is 29.3 Å². The fourth-order valence-corrected chi connectivity index (χ4v) is 1.64. The van der Waals surface area contributed by atoms with E-state index >= 15 is 0 Å². The molecule has 0 atom stereocenters. The first-order chi connectivity index (χ1) is 9.02. The molecule has 0 spiro atoms. The lowest BCUT2D eigenvalue weighted by Crippen LogP contribution is -2.51. The average molecular weight is 297 g/mol. The average Bonchev–Trinajstić information content (AvgIpc) is 2.26. The zero-order valence-electron chi connectivity index (χ0n) is 12.5. The van der Waals surface area contributed by atoms with Crippen molar-refractivity contribution < 1.29 is 9.59 Å². The summed E-state index contributed by atoms with van der Waals surface area (Å²) in [5.41, 5.74) is -0.987. The van der Waals surface area contributed by atoms with Crippen LogP contribution in [0, 0.1) is 5.41 Å². The highest BCUT2D eigenvalue weighted by Crippen LogP contribution is 2.22. The summed E-state index contributed by atoms with van der Waals surface area (Å²) in [4.78, 5) is 24.4. The van der Waals surface area contributed by atoms with Crippen LogP contribution in [0.4, 0.5) is 5.69 Å². The predicted molar refractivity (Wildman–Crippen MR) is 81.8 cm³/mol. The molecule has 1 aromatic rings. The van der Waals surface area contributed by atoms with E-state index in [1.165, 1.54) is 0 Å². The van der Waals surface area contributed by atoms with Crippen LogP contribution in [0.1, 0.15) is 34.6 Å². The van der Waals surface area contributed by atoms with Gasteiger partial charge in [-0.25, -0.2) is 0 Å². The molecule has 0 bridgehead atoms. The second-order valence-electron chi connectivity index (χ2n) is 6.29. The Bertz CT molecular complexity index is 519. The number of amides is 2. The molecule has 110 valence electrons. The predicted octanol–water partition coefficient (Wildman–Crippen LogP) is 3.22. The third kappa shape index (κ3) is 4.53. The molecule has 0 aliphatic rings. The molecular weight excluding hydrogens is 276 g/mol. The lowest BCUT2D eigenvalue weighted by Gasteiger charge is -2.28. The molecule has 0 fully saturated rings. The van der Waals surface area contributed by atoms with E-state index in [9.17, 15) is 9.59 Å². The number of anilines is 1. The molecule has 0 heterocycles. The van der Waals surface area contributed by atoms with Crippen LogP contribution < -0.4 is 10.6 Å². The van der Waals surface area contributed by atoms with Crippen LogP contribution in [-0.2, 0) is 9.59 Å². The van der Waals surface area contributed by atoms with E-state index in [0.29, 0.717) is 10.7 Å². The Morgan fingerprint density at radius 3 is 2.15 bits per heavy atom. The van der Waals surface area contributed by atoms with E-state index in [4.69, 9.17) is 11.6 Å². The quantitative estimate of drug-likeness (QED) is 0.841. The molecule has 4 nitrogen and oxygen atoms in total. The van der Waals surface area contributed by atoms with E-state index in [0.717, 1.165) is 0 Å². The second kappa shape index (κ2) is 5.83. The molecule has 0 saturated carbocycles. The summed E-state index contributed by atoms with van der Waals surface area (Å²) in [5, 5.41) is 6.04. The van der Waals surface area contributed by atoms with Gasteiger partial charge in [-0.3, -0.25) is 9.59 Å². The molecule has 20 heavy (non-hydrogen) atoms. The van der Waals surface area contributed by atoms with Gasteiger partial charge in [0.05, 0.1) is 0 Å². The van der Waals surface area contributed by atoms with Gasteiger partial charge in [0.1, 0.15) is 5.41 Å². The van der Waals surface area contributed by atoms with E-state index < -0.39 is 5.41 Å². The molecule has 2 amide bonds. The van der Waals surface area contributed by atoms with E-state index in [-0.39, 0.29) is 17.4 Å². The van der Waals surface area contributed by atoms with Crippen molar-refractivity contribution in [2.45, 2.75) is 40.2 Å². The minimum atomic E-state index is -1.17. The van der Waals surface area contributed by atoms with Crippen molar-refractivity contribution >= 4 is 29.1 Å². The Labute approximate surface area is 124 Å². The first-order valence-electron chi connectivity index (χ1n) is 6.42. The summed E-state index contributed by atoms with van der Waals surface area (Å²) in [6.07, 6.45) is 0. The van der Waals surface area contributed by atoms with Gasteiger partial charge in [0.15, 0.2) is 0 Å². The van der Waals surface area contributed by atoms with E-state index in [1.54, 1.807) is 38.1 Å². The maximum atomic E-state index is 12.3. The van der Waals surface area contributed by atoms with Crippen molar-refractivity contribution in [3.63, 3.8) is 0 Å². The summed E-state index contributed by atoms with van der Waals surface area (Å²) in [5.74, 6) is -0.689. The lowest BCUT2D eigenvalue weighted by atomic mass is 9.89. The van der Waals surface area contributed by atoms with Crippen LogP contribution in [0.25, 0.3) is 0 Å². The highest BCUT2D eigenvalue weighted by molar-refractivity contribution is 6.31. The lowest BCUT2D eigenvalue weighted by molar-refractivity contribution is -0.139. The Morgan fingerprint density at radius 2 is 1.65 bits per heavy atom. The Morgan fingerprint density at radius 1 is 1.05 bits per heavy atom. The normalized spacial score (nSPS) is 11.9. The Kier molecular flexibility index (Phi) is 4.81. The number of benzene rings is 1. The molecule has 1 rings (SSSR count). The summed E-state index contributed by atoms with van der Waals surface area (Å²) < 4.78 is 0. The summed E-state index contributed by atoms with van der Waals surface area (Å²) in [6, 6.07) is 6.81. The summed E-state index contributed by atoms with van der Waals surface area (Å²) in [6.45, 7) is 8.80. The minimum Gasteiger partial charge on any atom is -0.351 e. The van der Waals surface area contributed by atoms with Gasteiger partial charge >= 0.3 is 0 Å². The Hall–Kier alpha value is -1.55. The number of carbonyl (C=O) groups is 2. The van der Waals surface area contributed by atoms with Crippen LogP contribution in [0.3, 0.4) is 0 Å². The van der Waals surface area contributed by atoms with Gasteiger partial charge in [0.25, 0.3) is 0 Å². The number of hydrogen-bond acceptors (Lipinski definition) is 2. The van der Waals surface area contributed by atoms with Crippen molar-refractivity contribution in [1.82, 2.24) is 5.32 Å². The fourth-order valence-electron chi connectivity index (χ4n) is 1.45. The van der Waals surface area contributed by atoms with Gasteiger partial charge in [-0.15, -0.1) is 0 Å². The number of hydrogen-bond donors (Lipinski definition) is 2. The minimum absolute atomic E-state index is 0.315. The van der Waals surface area contributed by atoms with Crippen LogP contribution in [-0.4, -0.2) is 17.4 Å². The molecule has 5 heteroatoms. The zero-order chi connectivity index (χ0) is 15.6. The van der Waals surface area contributed by atoms with Crippen LogP contribution in [0.15, 0.2) is 24.3 Å². The number of carbonyl (C=O) groups excluding carboxylic acids is 2. The van der Waals surface area contributed by atoms with Gasteiger partial charge in [-0.05, 0) is 52.8 Å². The smallest absolute Gasteiger partial charge is 0.239 e. The maximum Gasteiger partial charge on any atom is 0.239 e. The molecule has 0 unspecified atom stereocenters. The van der Waals surface area contributed by atoms with Gasteiger partial charge < -0.3 is 10.6 Å². The number of rotatable bonds is 3. The second-order valence-corrected chi connectivity index (χ2v) is 6.73. The zero-order valence-corrected chi connectivity index (χ0v) is 13.3.